The van der Waals surface area contributed by atoms with Gasteiger partial charge in [-0.15, -0.1) is 10.2 Å². The molecule has 1 aromatic carbocycles. The van der Waals surface area contributed by atoms with E-state index in [0.717, 1.165) is 22.5 Å². The van der Waals surface area contributed by atoms with Gasteiger partial charge in [-0.2, -0.15) is 0 Å². The number of carbonyl (C=O) groups excluding carboxylic acids is 1. The summed E-state index contributed by atoms with van der Waals surface area (Å²) in [5.74, 6) is -0.557. The molecule has 19 heavy (non-hydrogen) atoms. The number of hydrogen-bond donors (Lipinski definition) is 1. The Bertz CT molecular complexity index is 602. The summed E-state index contributed by atoms with van der Waals surface area (Å²) in [4.78, 5) is 11.7. The van der Waals surface area contributed by atoms with E-state index in [1.54, 1.807) is 6.07 Å². The van der Waals surface area contributed by atoms with Gasteiger partial charge in [-0.25, -0.2) is 4.39 Å². The van der Waals surface area contributed by atoms with Gasteiger partial charge in [0, 0.05) is 6.54 Å². The fraction of sp³-hybridized carbons (Fsp3) is 0.250. The molecule has 0 aliphatic carbocycles. The molecule has 1 amide bonds. The molecule has 0 saturated heterocycles. The molecule has 0 aliphatic heterocycles. The standard InChI is InChI=1S/C12H11ClFN3OS/c1-7-6-9(14)3-2-8(7)4-5-15-10(18)11-16-17-12(13)19-11/h2-3,6H,4-5H2,1H3,(H,15,18). The molecule has 4 nitrogen and oxygen atoms in total. The maximum Gasteiger partial charge on any atom is 0.282 e. The van der Waals surface area contributed by atoms with Gasteiger partial charge in [-0.1, -0.05) is 17.4 Å². The number of nitrogens with one attached hydrogen (secondary N) is 1. The minimum atomic E-state index is -0.302. The van der Waals surface area contributed by atoms with Gasteiger partial charge < -0.3 is 5.32 Å². The van der Waals surface area contributed by atoms with Crippen LogP contribution in [-0.4, -0.2) is 22.6 Å². The number of halogens is 2. The van der Waals surface area contributed by atoms with E-state index in [-0.39, 0.29) is 21.2 Å². The van der Waals surface area contributed by atoms with E-state index in [2.05, 4.69) is 15.5 Å². The van der Waals surface area contributed by atoms with Crippen molar-refractivity contribution in [3.05, 3.63) is 44.6 Å². The summed E-state index contributed by atoms with van der Waals surface area (Å²) in [5, 5.41) is 10.2. The Labute approximate surface area is 118 Å². The molecule has 0 fully saturated rings. The largest absolute Gasteiger partial charge is 0.350 e. The first-order valence-corrected chi connectivity index (χ1v) is 6.78. The van der Waals surface area contributed by atoms with Crippen molar-refractivity contribution in [2.45, 2.75) is 13.3 Å². The van der Waals surface area contributed by atoms with Crippen LogP contribution in [-0.2, 0) is 6.42 Å². The summed E-state index contributed by atoms with van der Waals surface area (Å²) >= 11 is 6.63. The molecule has 0 radical (unpaired) electrons. The van der Waals surface area contributed by atoms with Gasteiger partial charge in [-0.3, -0.25) is 4.79 Å². The fourth-order valence-electron chi connectivity index (χ4n) is 1.62. The van der Waals surface area contributed by atoms with Gasteiger partial charge >= 0.3 is 0 Å². The first kappa shape index (κ1) is 13.9. The minimum absolute atomic E-state index is 0.236. The average molecular weight is 300 g/mol. The number of aryl methyl sites for hydroxylation is 1. The zero-order valence-electron chi connectivity index (χ0n) is 10.1. The summed E-state index contributed by atoms with van der Waals surface area (Å²) in [6, 6.07) is 4.61. The van der Waals surface area contributed by atoms with Crippen LogP contribution in [0.15, 0.2) is 18.2 Å². The van der Waals surface area contributed by atoms with Crippen molar-refractivity contribution in [3.8, 4) is 0 Å². The van der Waals surface area contributed by atoms with Gasteiger partial charge in [0.2, 0.25) is 9.47 Å². The lowest BCUT2D eigenvalue weighted by Gasteiger charge is -2.06. The van der Waals surface area contributed by atoms with Crippen LogP contribution in [0.5, 0.6) is 0 Å². The lowest BCUT2D eigenvalue weighted by molar-refractivity contribution is 0.0953. The van der Waals surface area contributed by atoms with Crippen LogP contribution < -0.4 is 5.32 Å². The minimum Gasteiger partial charge on any atom is -0.350 e. The van der Waals surface area contributed by atoms with Crippen LogP contribution >= 0.6 is 22.9 Å². The van der Waals surface area contributed by atoms with Crippen molar-refractivity contribution < 1.29 is 9.18 Å². The molecule has 0 unspecified atom stereocenters. The molecule has 0 atom stereocenters. The van der Waals surface area contributed by atoms with Crippen LogP contribution in [0.4, 0.5) is 4.39 Å². The molecule has 1 N–H and O–H groups in total. The molecule has 0 saturated carbocycles. The first-order valence-electron chi connectivity index (χ1n) is 5.58. The first-order chi connectivity index (χ1) is 9.06. The van der Waals surface area contributed by atoms with E-state index in [1.165, 1.54) is 12.1 Å². The molecule has 1 aromatic heterocycles. The summed E-state index contributed by atoms with van der Waals surface area (Å²) in [5.41, 5.74) is 1.87. The zero-order valence-corrected chi connectivity index (χ0v) is 11.7. The molecule has 7 heteroatoms. The maximum atomic E-state index is 12.9. The lowest BCUT2D eigenvalue weighted by Crippen LogP contribution is -2.25. The Morgan fingerprint density at radius 3 is 2.89 bits per heavy atom. The predicted molar refractivity (Wildman–Crippen MR) is 72.1 cm³/mol. The monoisotopic (exact) mass is 299 g/mol. The number of amides is 1. The molecular formula is C12H11ClFN3OS. The lowest BCUT2D eigenvalue weighted by atomic mass is 10.1. The summed E-state index contributed by atoms with van der Waals surface area (Å²) in [6.45, 7) is 2.28. The highest BCUT2D eigenvalue weighted by molar-refractivity contribution is 7.17. The van der Waals surface area contributed by atoms with Crippen LogP contribution in [0.1, 0.15) is 20.9 Å². The highest BCUT2D eigenvalue weighted by Crippen LogP contribution is 2.14. The van der Waals surface area contributed by atoms with Crippen molar-refractivity contribution in [1.29, 1.82) is 0 Å². The van der Waals surface area contributed by atoms with E-state index in [9.17, 15) is 9.18 Å². The van der Waals surface area contributed by atoms with Crippen LogP contribution in [0, 0.1) is 12.7 Å². The fourth-order valence-corrected chi connectivity index (χ4v) is 2.37. The number of hydrogen-bond acceptors (Lipinski definition) is 4. The average Bonchev–Trinajstić information content (AvgIpc) is 2.78. The molecule has 0 bridgehead atoms. The number of carbonyl (C=O) groups is 1. The molecule has 100 valence electrons. The van der Waals surface area contributed by atoms with Crippen molar-refractivity contribution in [2.24, 2.45) is 0 Å². The highest BCUT2D eigenvalue weighted by Gasteiger charge is 2.11. The smallest absolute Gasteiger partial charge is 0.282 e. The molecular weight excluding hydrogens is 289 g/mol. The van der Waals surface area contributed by atoms with Gasteiger partial charge in [0.15, 0.2) is 0 Å². The third-order valence-corrected chi connectivity index (χ3v) is 3.60. The van der Waals surface area contributed by atoms with E-state index in [1.807, 2.05) is 6.92 Å². The normalized spacial score (nSPS) is 10.5. The zero-order chi connectivity index (χ0) is 13.8. The second-order valence-corrected chi connectivity index (χ2v) is 5.50. The Hall–Kier alpha value is -1.53. The van der Waals surface area contributed by atoms with Crippen LogP contribution in [0.25, 0.3) is 0 Å². The molecule has 0 spiro atoms. The number of benzene rings is 1. The SMILES string of the molecule is Cc1cc(F)ccc1CCNC(=O)c1nnc(Cl)s1. The van der Waals surface area contributed by atoms with Crippen LogP contribution in [0.2, 0.25) is 4.47 Å². The van der Waals surface area contributed by atoms with Crippen molar-refractivity contribution in [2.75, 3.05) is 6.54 Å². The van der Waals surface area contributed by atoms with E-state index < -0.39 is 0 Å². The van der Waals surface area contributed by atoms with Gasteiger partial charge in [0.05, 0.1) is 0 Å². The van der Waals surface area contributed by atoms with Crippen LogP contribution in [0.3, 0.4) is 0 Å². The molecule has 0 aliphatic rings. The summed E-state index contributed by atoms with van der Waals surface area (Å²) in [6.07, 6.45) is 0.629. The van der Waals surface area contributed by atoms with Gasteiger partial charge in [-0.05, 0) is 48.2 Å². The summed E-state index contributed by atoms with van der Waals surface area (Å²) < 4.78 is 13.2. The Morgan fingerprint density at radius 2 is 2.26 bits per heavy atom. The number of nitrogens with zero attached hydrogens (tertiary/aromatic N) is 2. The molecule has 2 aromatic rings. The quantitative estimate of drug-likeness (QED) is 0.944. The second-order valence-electron chi connectivity index (χ2n) is 3.94. The highest BCUT2D eigenvalue weighted by atomic mass is 35.5. The third kappa shape index (κ3) is 3.71. The van der Waals surface area contributed by atoms with Gasteiger partial charge in [0.25, 0.3) is 5.91 Å². The molecule has 2 rings (SSSR count). The predicted octanol–water partition coefficient (Wildman–Crippen LogP) is 2.61. The van der Waals surface area contributed by atoms with E-state index >= 15 is 0 Å². The Kier molecular flexibility index (Phi) is 4.44. The Balaban J connectivity index is 1.88. The summed E-state index contributed by atoms with van der Waals surface area (Å²) in [7, 11) is 0. The van der Waals surface area contributed by atoms with Crippen molar-refractivity contribution >= 4 is 28.8 Å². The van der Waals surface area contributed by atoms with Crippen molar-refractivity contribution in [3.63, 3.8) is 0 Å². The molecule has 1 heterocycles. The topological polar surface area (TPSA) is 54.9 Å². The van der Waals surface area contributed by atoms with Crippen molar-refractivity contribution in [1.82, 2.24) is 15.5 Å². The van der Waals surface area contributed by atoms with Gasteiger partial charge in [0.1, 0.15) is 5.82 Å². The Morgan fingerprint density at radius 1 is 1.47 bits per heavy atom. The van der Waals surface area contributed by atoms with E-state index in [4.69, 9.17) is 11.6 Å². The third-order valence-electron chi connectivity index (χ3n) is 2.58. The second kappa shape index (κ2) is 6.08. The number of aromatic nitrogens is 2. The number of rotatable bonds is 4. The van der Waals surface area contributed by atoms with E-state index in [0.29, 0.717) is 13.0 Å². The maximum absolute atomic E-state index is 12.9.